The zero-order valence-electron chi connectivity index (χ0n) is 16.8. The zero-order chi connectivity index (χ0) is 20.5. The summed E-state index contributed by atoms with van der Waals surface area (Å²) in [6, 6.07) is 4.60. The van der Waals surface area contributed by atoms with Crippen LogP contribution in [-0.2, 0) is 15.0 Å². The number of anilines is 1. The first-order valence-electron chi connectivity index (χ1n) is 9.44. The molecule has 0 saturated heterocycles. The molecule has 1 amide bonds. The first-order chi connectivity index (χ1) is 13.1. The fraction of sp³-hybridized carbons (Fsp3) is 0.600. The molecule has 3 rings (SSSR count). The number of benzene rings is 1. The molecule has 28 heavy (non-hydrogen) atoms. The number of alkyl carbamates (subject to hydrolysis) is 1. The quantitative estimate of drug-likeness (QED) is 0.720. The predicted octanol–water partition coefficient (Wildman–Crippen LogP) is 4.05. The molecule has 0 unspecified atom stereocenters. The maximum absolute atomic E-state index is 14.8. The third kappa shape index (κ3) is 4.43. The Labute approximate surface area is 169 Å². The number of amidine groups is 1. The number of nitrogens with one attached hydrogen (secondary N) is 1. The third-order valence-corrected chi connectivity index (χ3v) is 6.23. The van der Waals surface area contributed by atoms with Crippen molar-refractivity contribution in [2.75, 3.05) is 18.6 Å². The molecule has 1 aromatic rings. The summed E-state index contributed by atoms with van der Waals surface area (Å²) >= 11 is 1.45. The number of halogens is 1. The lowest BCUT2D eigenvalue weighted by atomic mass is 9.68. The number of aliphatic imine (C=N–C) groups is 1. The van der Waals surface area contributed by atoms with E-state index in [0.717, 1.165) is 12.8 Å². The zero-order valence-corrected chi connectivity index (χ0v) is 17.6. The van der Waals surface area contributed by atoms with E-state index >= 15 is 0 Å². The molecular weight excluding hydrogens is 381 g/mol. The fourth-order valence-electron chi connectivity index (χ4n) is 3.92. The highest BCUT2D eigenvalue weighted by Gasteiger charge is 2.49. The minimum absolute atomic E-state index is 0.0803. The Kier molecular flexibility index (Phi) is 5.91. The monoisotopic (exact) mass is 409 g/mol. The van der Waals surface area contributed by atoms with Crippen LogP contribution in [0, 0.1) is 11.7 Å². The van der Waals surface area contributed by atoms with Crippen molar-refractivity contribution >= 4 is 28.7 Å². The van der Waals surface area contributed by atoms with Crippen LogP contribution in [0.2, 0.25) is 0 Å². The van der Waals surface area contributed by atoms with Gasteiger partial charge in [0.2, 0.25) is 0 Å². The molecule has 8 heteroatoms. The number of thioether (sulfide) groups is 1. The standard InChI is InChI=1S/C20H28FN3O3S/c1-19(2,3)27-18(25)23-17-24-20(15-10-13(22)5-6-16(15)21)8-7-14(26-4)9-12(20)11-28-17/h5-6,10,12,14H,7-9,11,22H2,1-4H3,(H,23,24,25)/t12-,14-,20-/m0/s1. The summed E-state index contributed by atoms with van der Waals surface area (Å²) in [6.07, 6.45) is 1.72. The van der Waals surface area contributed by atoms with Gasteiger partial charge in [-0.15, -0.1) is 0 Å². The Morgan fingerprint density at radius 1 is 1.43 bits per heavy atom. The number of fused-ring (bicyclic) bond motifs is 1. The van der Waals surface area contributed by atoms with Crippen LogP contribution >= 0.6 is 11.8 Å². The molecule has 1 aliphatic heterocycles. The lowest BCUT2D eigenvalue weighted by molar-refractivity contribution is 0.0227. The van der Waals surface area contributed by atoms with Crippen molar-refractivity contribution in [2.24, 2.45) is 10.9 Å². The molecule has 3 N–H and O–H groups in total. The Hall–Kier alpha value is -1.80. The Bertz CT molecular complexity index is 780. The van der Waals surface area contributed by atoms with Gasteiger partial charge in [0, 0.05) is 30.0 Å². The molecule has 0 radical (unpaired) electrons. The van der Waals surface area contributed by atoms with Gasteiger partial charge in [-0.25, -0.2) is 9.18 Å². The van der Waals surface area contributed by atoms with Gasteiger partial charge in [-0.2, -0.15) is 0 Å². The third-order valence-electron chi connectivity index (χ3n) is 5.19. The van der Waals surface area contributed by atoms with E-state index in [1.807, 2.05) is 0 Å². The summed E-state index contributed by atoms with van der Waals surface area (Å²) in [5.74, 6) is 0.446. The first-order valence-corrected chi connectivity index (χ1v) is 10.4. The van der Waals surface area contributed by atoms with Crippen molar-refractivity contribution < 1.29 is 18.7 Å². The Morgan fingerprint density at radius 2 is 2.18 bits per heavy atom. The first kappa shape index (κ1) is 20.9. The van der Waals surface area contributed by atoms with Crippen LogP contribution in [0.4, 0.5) is 14.9 Å². The van der Waals surface area contributed by atoms with E-state index in [-0.39, 0.29) is 17.8 Å². The van der Waals surface area contributed by atoms with Crippen LogP contribution in [0.5, 0.6) is 0 Å². The van der Waals surface area contributed by atoms with Crippen molar-refractivity contribution in [3.8, 4) is 0 Å². The highest BCUT2D eigenvalue weighted by molar-refractivity contribution is 8.13. The molecule has 1 aliphatic carbocycles. The van der Waals surface area contributed by atoms with Crippen LogP contribution in [0.1, 0.15) is 45.6 Å². The molecule has 1 fully saturated rings. The summed E-state index contributed by atoms with van der Waals surface area (Å²) in [4.78, 5) is 17.1. The van der Waals surface area contributed by atoms with Crippen molar-refractivity contribution in [3.05, 3.63) is 29.6 Å². The van der Waals surface area contributed by atoms with Gasteiger partial charge in [-0.05, 0) is 58.2 Å². The number of nitrogens with two attached hydrogens (primary N) is 1. The largest absolute Gasteiger partial charge is 0.444 e. The average molecular weight is 410 g/mol. The number of nitrogen functional groups attached to an aromatic ring is 1. The molecular formula is C20H28FN3O3S. The average Bonchev–Trinajstić information content (AvgIpc) is 2.61. The smallest absolute Gasteiger partial charge is 0.413 e. The van der Waals surface area contributed by atoms with E-state index in [4.69, 9.17) is 20.2 Å². The van der Waals surface area contributed by atoms with Gasteiger partial charge >= 0.3 is 6.09 Å². The highest BCUT2D eigenvalue weighted by Crippen LogP contribution is 2.50. The highest BCUT2D eigenvalue weighted by atomic mass is 32.2. The van der Waals surface area contributed by atoms with Gasteiger partial charge in [-0.3, -0.25) is 10.3 Å². The number of hydrogen-bond donors (Lipinski definition) is 2. The molecule has 3 atom stereocenters. The van der Waals surface area contributed by atoms with E-state index < -0.39 is 17.2 Å². The van der Waals surface area contributed by atoms with Crippen LogP contribution < -0.4 is 11.1 Å². The number of rotatable bonds is 2. The minimum Gasteiger partial charge on any atom is -0.444 e. The molecule has 0 spiro atoms. The molecule has 0 aromatic heterocycles. The van der Waals surface area contributed by atoms with Gasteiger partial charge in [0.1, 0.15) is 11.4 Å². The molecule has 6 nitrogen and oxygen atoms in total. The van der Waals surface area contributed by atoms with E-state index in [1.165, 1.54) is 17.8 Å². The summed E-state index contributed by atoms with van der Waals surface area (Å²) in [5.41, 5.74) is 5.55. The van der Waals surface area contributed by atoms with Crippen molar-refractivity contribution in [2.45, 2.75) is 57.3 Å². The number of amides is 1. The second-order valence-electron chi connectivity index (χ2n) is 8.35. The molecule has 0 bridgehead atoms. The fourth-order valence-corrected chi connectivity index (χ4v) is 5.07. The number of hydrogen-bond acceptors (Lipinski definition) is 6. The van der Waals surface area contributed by atoms with Crippen LogP contribution in [0.3, 0.4) is 0 Å². The van der Waals surface area contributed by atoms with Gasteiger partial charge in [0.25, 0.3) is 0 Å². The molecule has 1 saturated carbocycles. The van der Waals surface area contributed by atoms with Gasteiger partial charge in [0.15, 0.2) is 5.17 Å². The van der Waals surface area contributed by atoms with Crippen LogP contribution in [0.15, 0.2) is 23.2 Å². The van der Waals surface area contributed by atoms with Gasteiger partial charge in [-0.1, -0.05) is 11.8 Å². The van der Waals surface area contributed by atoms with Crippen molar-refractivity contribution in [1.29, 1.82) is 0 Å². The van der Waals surface area contributed by atoms with E-state index in [0.29, 0.717) is 28.6 Å². The summed E-state index contributed by atoms with van der Waals surface area (Å²) in [7, 11) is 1.70. The number of carbonyl (C=O) groups excluding carboxylic acids is 1. The number of methoxy groups -OCH3 is 1. The molecule has 154 valence electrons. The van der Waals surface area contributed by atoms with E-state index in [2.05, 4.69) is 5.32 Å². The SMILES string of the molecule is CO[C@H]1CC[C@]2(c3cc(N)ccc3F)N=C(NC(=O)OC(C)(C)C)SC[C@@H]2C1. The summed E-state index contributed by atoms with van der Waals surface area (Å²) in [5, 5.41) is 3.18. The normalized spacial score (nSPS) is 27.5. The predicted molar refractivity (Wildman–Crippen MR) is 110 cm³/mol. The van der Waals surface area contributed by atoms with Gasteiger partial charge in [0.05, 0.1) is 11.6 Å². The van der Waals surface area contributed by atoms with E-state index in [1.54, 1.807) is 40.0 Å². The molecule has 1 aromatic carbocycles. The summed E-state index contributed by atoms with van der Waals surface area (Å²) < 4.78 is 25.7. The lowest BCUT2D eigenvalue weighted by Gasteiger charge is -2.46. The van der Waals surface area contributed by atoms with E-state index in [9.17, 15) is 9.18 Å². The number of carbonyl (C=O) groups is 1. The van der Waals surface area contributed by atoms with Crippen molar-refractivity contribution in [3.63, 3.8) is 0 Å². The van der Waals surface area contributed by atoms with Gasteiger partial charge < -0.3 is 15.2 Å². The number of ether oxygens (including phenoxy) is 2. The summed E-state index contributed by atoms with van der Waals surface area (Å²) in [6.45, 7) is 5.40. The topological polar surface area (TPSA) is 85.9 Å². The lowest BCUT2D eigenvalue weighted by Crippen LogP contribution is -2.48. The minimum atomic E-state index is -0.774. The van der Waals surface area contributed by atoms with Crippen molar-refractivity contribution in [1.82, 2.24) is 5.32 Å². The Balaban J connectivity index is 1.97. The molecule has 1 heterocycles. The number of nitrogens with zero attached hydrogens (tertiary/aromatic N) is 1. The Morgan fingerprint density at radius 3 is 2.86 bits per heavy atom. The maximum Gasteiger partial charge on any atom is 0.413 e. The second-order valence-corrected chi connectivity index (χ2v) is 9.36. The maximum atomic E-state index is 14.8. The molecule has 2 aliphatic rings. The van der Waals surface area contributed by atoms with Crippen LogP contribution in [0.25, 0.3) is 0 Å². The second kappa shape index (κ2) is 7.91. The van der Waals surface area contributed by atoms with Crippen LogP contribution in [-0.4, -0.2) is 35.8 Å².